The van der Waals surface area contributed by atoms with Gasteiger partial charge in [0.15, 0.2) is 0 Å². The summed E-state index contributed by atoms with van der Waals surface area (Å²) in [6.07, 6.45) is 0. The summed E-state index contributed by atoms with van der Waals surface area (Å²) < 4.78 is 0. The van der Waals surface area contributed by atoms with E-state index in [-0.39, 0.29) is 6.04 Å². The first-order valence-corrected chi connectivity index (χ1v) is 8.96. The average molecular weight is 338 g/mol. The summed E-state index contributed by atoms with van der Waals surface area (Å²) in [5.41, 5.74) is 6.90. The van der Waals surface area contributed by atoms with Crippen molar-refractivity contribution in [1.82, 2.24) is 4.98 Å². The van der Waals surface area contributed by atoms with Crippen LogP contribution in [0.15, 0.2) is 84.9 Å². The molecule has 1 N–H and O–H groups in total. The fourth-order valence-electron chi connectivity index (χ4n) is 3.41. The fraction of sp³-hybridized carbons (Fsp3) is 0.125. The van der Waals surface area contributed by atoms with E-state index < -0.39 is 0 Å². The van der Waals surface area contributed by atoms with E-state index in [2.05, 4.69) is 97.2 Å². The van der Waals surface area contributed by atoms with Gasteiger partial charge in [-0.05, 0) is 42.7 Å². The largest absolute Gasteiger partial charge is 0.372 e. The highest BCUT2D eigenvalue weighted by molar-refractivity contribution is 5.90. The smallest absolute Gasteiger partial charge is 0.0936 e. The molecular formula is C24H22N2. The van der Waals surface area contributed by atoms with Crippen LogP contribution in [0, 0.1) is 13.8 Å². The van der Waals surface area contributed by atoms with Gasteiger partial charge in [0, 0.05) is 11.1 Å². The Morgan fingerprint density at radius 3 is 2.31 bits per heavy atom. The normalized spacial score (nSPS) is 12.1. The zero-order valence-electron chi connectivity index (χ0n) is 15.1. The molecule has 3 aromatic carbocycles. The second-order valence-corrected chi connectivity index (χ2v) is 6.67. The summed E-state index contributed by atoms with van der Waals surface area (Å²) in [5, 5.41) is 4.91. The van der Waals surface area contributed by atoms with Gasteiger partial charge in [0.05, 0.1) is 17.2 Å². The summed E-state index contributed by atoms with van der Waals surface area (Å²) in [4.78, 5) is 4.78. The number of rotatable bonds is 4. The lowest BCUT2D eigenvalue weighted by atomic mass is 9.94. The predicted octanol–water partition coefficient (Wildman–Crippen LogP) is 6.05. The second kappa shape index (κ2) is 7.01. The van der Waals surface area contributed by atoms with Gasteiger partial charge in [0.1, 0.15) is 0 Å². The quantitative estimate of drug-likeness (QED) is 0.490. The number of fused-ring (bicyclic) bond motifs is 1. The SMILES string of the molecule is Cc1ccc2cccc(NC(c3ccccc3)c3ccccc3C)c2n1. The molecule has 128 valence electrons. The molecule has 0 aliphatic heterocycles. The first-order valence-electron chi connectivity index (χ1n) is 8.96. The lowest BCUT2D eigenvalue weighted by Crippen LogP contribution is -2.14. The molecule has 0 bridgehead atoms. The molecule has 4 aromatic rings. The van der Waals surface area contributed by atoms with Crippen LogP contribution in [-0.2, 0) is 0 Å². The molecule has 0 radical (unpaired) electrons. The molecular weight excluding hydrogens is 316 g/mol. The highest BCUT2D eigenvalue weighted by Crippen LogP contribution is 2.31. The van der Waals surface area contributed by atoms with Gasteiger partial charge >= 0.3 is 0 Å². The number of nitrogens with zero attached hydrogens (tertiary/aromatic N) is 1. The van der Waals surface area contributed by atoms with Gasteiger partial charge in [0.25, 0.3) is 0 Å². The highest BCUT2D eigenvalue weighted by Gasteiger charge is 2.17. The van der Waals surface area contributed by atoms with E-state index in [0.717, 1.165) is 22.3 Å². The minimum Gasteiger partial charge on any atom is -0.372 e. The van der Waals surface area contributed by atoms with Crippen molar-refractivity contribution in [3.05, 3.63) is 107 Å². The number of nitrogens with one attached hydrogen (secondary N) is 1. The number of hydrogen-bond donors (Lipinski definition) is 1. The maximum absolute atomic E-state index is 4.78. The zero-order valence-corrected chi connectivity index (χ0v) is 15.1. The maximum atomic E-state index is 4.78. The van der Waals surface area contributed by atoms with E-state index in [1.54, 1.807) is 0 Å². The molecule has 0 amide bonds. The van der Waals surface area contributed by atoms with Crippen molar-refractivity contribution in [1.29, 1.82) is 0 Å². The first kappa shape index (κ1) is 16.3. The molecule has 1 heterocycles. The van der Waals surface area contributed by atoms with E-state index >= 15 is 0 Å². The molecule has 0 saturated carbocycles. The number of aromatic nitrogens is 1. The van der Waals surface area contributed by atoms with E-state index in [1.807, 2.05) is 6.92 Å². The summed E-state index contributed by atoms with van der Waals surface area (Å²) in [5.74, 6) is 0. The Morgan fingerprint density at radius 2 is 1.50 bits per heavy atom. The molecule has 2 heteroatoms. The topological polar surface area (TPSA) is 24.9 Å². The number of anilines is 1. The number of hydrogen-bond acceptors (Lipinski definition) is 2. The molecule has 1 atom stereocenters. The summed E-state index contributed by atoms with van der Waals surface area (Å²) in [6, 6.07) is 29.7. The van der Waals surface area contributed by atoms with Crippen molar-refractivity contribution < 1.29 is 0 Å². The van der Waals surface area contributed by atoms with Crippen LogP contribution in [0.4, 0.5) is 5.69 Å². The van der Waals surface area contributed by atoms with Gasteiger partial charge < -0.3 is 5.32 Å². The van der Waals surface area contributed by atoms with Crippen LogP contribution >= 0.6 is 0 Å². The number of aryl methyl sites for hydroxylation is 2. The number of benzene rings is 3. The molecule has 0 aliphatic rings. The Bertz CT molecular complexity index is 1040. The molecule has 0 spiro atoms. The van der Waals surface area contributed by atoms with Gasteiger partial charge in [-0.3, -0.25) is 4.98 Å². The van der Waals surface area contributed by atoms with Gasteiger partial charge in [-0.2, -0.15) is 0 Å². The van der Waals surface area contributed by atoms with Crippen LogP contribution in [0.3, 0.4) is 0 Å². The second-order valence-electron chi connectivity index (χ2n) is 6.67. The van der Waals surface area contributed by atoms with Gasteiger partial charge in [-0.15, -0.1) is 0 Å². The Labute approximate surface area is 154 Å². The first-order chi connectivity index (χ1) is 12.7. The lowest BCUT2D eigenvalue weighted by Gasteiger charge is -2.23. The minimum atomic E-state index is 0.0744. The van der Waals surface area contributed by atoms with Crippen molar-refractivity contribution in [3.8, 4) is 0 Å². The van der Waals surface area contributed by atoms with E-state index in [1.165, 1.54) is 16.7 Å². The lowest BCUT2D eigenvalue weighted by molar-refractivity contribution is 0.928. The standard InChI is InChI=1S/C24H22N2/c1-17-9-6-7-13-21(17)23(19-10-4-3-5-11-19)26-22-14-8-12-20-16-15-18(2)25-24(20)22/h3-16,23,26H,1-2H3. The monoisotopic (exact) mass is 338 g/mol. The van der Waals surface area contributed by atoms with E-state index in [9.17, 15) is 0 Å². The summed E-state index contributed by atoms with van der Waals surface area (Å²) in [6.45, 7) is 4.20. The molecule has 1 unspecified atom stereocenters. The van der Waals surface area contributed by atoms with Crippen molar-refractivity contribution >= 4 is 16.6 Å². The van der Waals surface area contributed by atoms with Gasteiger partial charge in [0.2, 0.25) is 0 Å². The molecule has 1 aromatic heterocycles. The fourth-order valence-corrected chi connectivity index (χ4v) is 3.41. The number of para-hydroxylation sites is 1. The molecule has 0 fully saturated rings. The summed E-state index contributed by atoms with van der Waals surface area (Å²) in [7, 11) is 0. The molecule has 0 aliphatic carbocycles. The van der Waals surface area contributed by atoms with Crippen molar-refractivity contribution in [2.24, 2.45) is 0 Å². The van der Waals surface area contributed by atoms with Crippen molar-refractivity contribution in [2.45, 2.75) is 19.9 Å². The summed E-state index contributed by atoms with van der Waals surface area (Å²) >= 11 is 0. The Kier molecular flexibility index (Phi) is 4.40. The van der Waals surface area contributed by atoms with Crippen LogP contribution < -0.4 is 5.32 Å². The molecule has 0 saturated heterocycles. The zero-order chi connectivity index (χ0) is 17.9. The minimum absolute atomic E-state index is 0.0744. The van der Waals surface area contributed by atoms with Crippen molar-refractivity contribution in [2.75, 3.05) is 5.32 Å². The third-order valence-corrected chi connectivity index (χ3v) is 4.79. The van der Waals surface area contributed by atoms with Crippen LogP contribution in [0.5, 0.6) is 0 Å². The van der Waals surface area contributed by atoms with Gasteiger partial charge in [-0.1, -0.05) is 72.8 Å². The Hall–Kier alpha value is -3.13. The highest BCUT2D eigenvalue weighted by atomic mass is 14.9. The van der Waals surface area contributed by atoms with Crippen LogP contribution in [0.1, 0.15) is 28.4 Å². The third kappa shape index (κ3) is 3.18. The van der Waals surface area contributed by atoms with Gasteiger partial charge in [-0.25, -0.2) is 0 Å². The predicted molar refractivity (Wildman–Crippen MR) is 110 cm³/mol. The van der Waals surface area contributed by atoms with Crippen molar-refractivity contribution in [3.63, 3.8) is 0 Å². The van der Waals surface area contributed by atoms with E-state index in [4.69, 9.17) is 4.98 Å². The van der Waals surface area contributed by atoms with Crippen LogP contribution in [0.2, 0.25) is 0 Å². The average Bonchev–Trinajstić information content (AvgIpc) is 2.68. The van der Waals surface area contributed by atoms with Crippen LogP contribution in [-0.4, -0.2) is 4.98 Å². The number of pyridine rings is 1. The molecule has 2 nitrogen and oxygen atoms in total. The Morgan fingerprint density at radius 1 is 0.731 bits per heavy atom. The molecule has 26 heavy (non-hydrogen) atoms. The third-order valence-electron chi connectivity index (χ3n) is 4.79. The Balaban J connectivity index is 1.84. The molecule has 4 rings (SSSR count). The van der Waals surface area contributed by atoms with Crippen LogP contribution in [0.25, 0.3) is 10.9 Å². The van der Waals surface area contributed by atoms with E-state index in [0.29, 0.717) is 0 Å². The maximum Gasteiger partial charge on any atom is 0.0936 e.